The molecule has 4 rings (SSSR count). The van der Waals surface area contributed by atoms with Crippen molar-refractivity contribution in [3.63, 3.8) is 0 Å². The molecule has 41 heavy (non-hydrogen) atoms. The molecule has 2 fully saturated rings. The standard InChI is InChI=1S/C15H13BrN2O6S.C8H7NO3.C2H4Cl2/c1-15(2)10(17-11(19)9(16)12(17)25-15)14(21)24-13(20)7-3-5-8(6-4-7)18(22)23;1-6(10)7-2-4-8(5-3-7)9(11)12;1-2(3)4/h3-6,9-10,12H,1-2H3;2-5H,1H3;2H,1H3/t9-,10-,12+;;/m0../s1. The monoisotopic (exact) mass is 691 g/mol. The smallest absolute Gasteiger partial charge is 0.345 e. The summed E-state index contributed by atoms with van der Waals surface area (Å²) in [5, 5.41) is 20.7. The van der Waals surface area contributed by atoms with Crippen LogP contribution in [0.1, 0.15) is 48.4 Å². The molecule has 2 heterocycles. The van der Waals surface area contributed by atoms with Crippen LogP contribution in [0.5, 0.6) is 0 Å². The number of thioether (sulfide) groups is 1. The molecule has 2 aliphatic heterocycles. The van der Waals surface area contributed by atoms with Gasteiger partial charge in [0.2, 0.25) is 5.91 Å². The molecular formula is C25H24BrCl2N3O9S. The number of nitro groups is 2. The van der Waals surface area contributed by atoms with E-state index in [0.717, 1.165) is 12.1 Å². The van der Waals surface area contributed by atoms with Crippen molar-refractivity contribution < 1.29 is 33.8 Å². The molecule has 0 aliphatic carbocycles. The minimum atomic E-state index is -0.910. The summed E-state index contributed by atoms with van der Waals surface area (Å²) in [5.74, 6) is -2.03. The number of fused-ring (bicyclic) bond motifs is 1. The van der Waals surface area contributed by atoms with Crippen LogP contribution in [0.2, 0.25) is 0 Å². The molecule has 12 nitrogen and oxygen atoms in total. The fraction of sp³-hybridized carbons (Fsp3) is 0.360. The molecule has 0 bridgehead atoms. The fourth-order valence-electron chi connectivity index (χ4n) is 3.69. The first kappa shape index (κ1) is 34.1. The Morgan fingerprint density at radius 2 is 1.39 bits per heavy atom. The number of halogens is 3. The van der Waals surface area contributed by atoms with E-state index >= 15 is 0 Å². The van der Waals surface area contributed by atoms with Gasteiger partial charge >= 0.3 is 11.9 Å². The second-order valence-electron chi connectivity index (χ2n) is 9.05. The topological polar surface area (TPSA) is 167 Å². The maximum Gasteiger partial charge on any atom is 0.345 e. The van der Waals surface area contributed by atoms with E-state index in [1.165, 1.54) is 60.0 Å². The van der Waals surface area contributed by atoms with Gasteiger partial charge in [-0.05, 0) is 52.0 Å². The zero-order chi connectivity index (χ0) is 31.2. The summed E-state index contributed by atoms with van der Waals surface area (Å²) < 4.78 is 4.32. The molecule has 2 aromatic carbocycles. The van der Waals surface area contributed by atoms with Crippen LogP contribution in [0, 0.1) is 20.2 Å². The first-order valence-corrected chi connectivity index (χ1v) is 14.3. The molecule has 0 N–H and O–H groups in total. The van der Waals surface area contributed by atoms with Gasteiger partial charge in [0.1, 0.15) is 21.1 Å². The van der Waals surface area contributed by atoms with E-state index in [2.05, 4.69) is 15.9 Å². The molecule has 2 aliphatic rings. The van der Waals surface area contributed by atoms with E-state index < -0.39 is 32.6 Å². The number of nitrogens with zero attached hydrogens (tertiary/aromatic N) is 3. The Hall–Kier alpha value is -3.07. The molecule has 220 valence electrons. The van der Waals surface area contributed by atoms with Gasteiger partial charge in [0.15, 0.2) is 5.78 Å². The van der Waals surface area contributed by atoms with Crippen molar-refractivity contribution in [1.82, 2.24) is 4.90 Å². The summed E-state index contributed by atoms with van der Waals surface area (Å²) in [6, 6.07) is 9.39. The number of carbonyl (C=O) groups excluding carboxylic acids is 4. The van der Waals surface area contributed by atoms with Gasteiger partial charge in [-0.1, -0.05) is 15.9 Å². The van der Waals surface area contributed by atoms with Crippen LogP contribution in [0.25, 0.3) is 0 Å². The number of alkyl halides is 3. The zero-order valence-electron chi connectivity index (χ0n) is 22.0. The van der Waals surface area contributed by atoms with Crippen molar-refractivity contribution in [3.8, 4) is 0 Å². The summed E-state index contributed by atoms with van der Waals surface area (Å²) in [4.78, 5) is 68.0. The first-order valence-electron chi connectivity index (χ1n) is 11.7. The molecule has 0 radical (unpaired) electrons. The van der Waals surface area contributed by atoms with Crippen molar-refractivity contribution in [2.45, 2.75) is 53.5 Å². The maximum atomic E-state index is 12.5. The van der Waals surface area contributed by atoms with Gasteiger partial charge in [-0.2, -0.15) is 0 Å². The molecule has 2 aromatic rings. The lowest BCUT2D eigenvalue weighted by Gasteiger charge is -2.41. The Labute approximate surface area is 257 Å². The zero-order valence-corrected chi connectivity index (χ0v) is 25.9. The molecule has 2 saturated heterocycles. The van der Waals surface area contributed by atoms with Crippen LogP contribution >= 0.6 is 50.9 Å². The number of nitro benzene ring substituents is 2. The number of β-lactam (4-membered cyclic amide) rings is 1. The number of carbonyl (C=O) groups is 4. The number of rotatable bonds is 5. The Morgan fingerprint density at radius 3 is 1.78 bits per heavy atom. The van der Waals surface area contributed by atoms with Crippen LogP contribution in [-0.4, -0.2) is 64.2 Å². The van der Waals surface area contributed by atoms with Crippen molar-refractivity contribution in [2.75, 3.05) is 0 Å². The van der Waals surface area contributed by atoms with Crippen LogP contribution in [0.3, 0.4) is 0 Å². The number of hydrogen-bond donors (Lipinski definition) is 0. The summed E-state index contributed by atoms with van der Waals surface area (Å²) in [6.07, 6.45) is 0. The summed E-state index contributed by atoms with van der Waals surface area (Å²) in [7, 11) is 0. The van der Waals surface area contributed by atoms with Crippen molar-refractivity contribution in [3.05, 3.63) is 79.9 Å². The van der Waals surface area contributed by atoms with Crippen LogP contribution < -0.4 is 0 Å². The van der Waals surface area contributed by atoms with Crippen molar-refractivity contribution in [1.29, 1.82) is 0 Å². The number of non-ortho nitro benzene ring substituents is 2. The van der Waals surface area contributed by atoms with Gasteiger partial charge in [-0.15, -0.1) is 35.0 Å². The first-order chi connectivity index (χ1) is 19.0. The van der Waals surface area contributed by atoms with Gasteiger partial charge in [0.25, 0.3) is 11.4 Å². The molecule has 0 aromatic heterocycles. The molecule has 0 unspecified atom stereocenters. The lowest BCUT2D eigenvalue weighted by Crippen LogP contribution is -2.63. The van der Waals surface area contributed by atoms with E-state index in [1.54, 1.807) is 6.92 Å². The third kappa shape index (κ3) is 8.71. The van der Waals surface area contributed by atoms with Gasteiger partial charge < -0.3 is 9.64 Å². The van der Waals surface area contributed by atoms with Crippen LogP contribution in [-0.2, 0) is 14.3 Å². The van der Waals surface area contributed by atoms with E-state index in [1.807, 2.05) is 13.8 Å². The fourth-order valence-corrected chi connectivity index (χ4v) is 6.04. The van der Waals surface area contributed by atoms with Gasteiger partial charge in [0.05, 0.1) is 15.4 Å². The van der Waals surface area contributed by atoms with Crippen molar-refractivity contribution >= 4 is 85.9 Å². The predicted octanol–water partition coefficient (Wildman–Crippen LogP) is 5.71. The molecule has 1 amide bonds. The molecule has 3 atom stereocenters. The third-order valence-electron chi connectivity index (χ3n) is 5.59. The predicted molar refractivity (Wildman–Crippen MR) is 157 cm³/mol. The molecule has 0 saturated carbocycles. The Balaban J connectivity index is 0.000000306. The largest absolute Gasteiger partial charge is 0.388 e. The van der Waals surface area contributed by atoms with E-state index in [9.17, 15) is 39.4 Å². The average Bonchev–Trinajstić information content (AvgIpc) is 3.16. The van der Waals surface area contributed by atoms with Gasteiger partial charge in [0, 0.05) is 34.6 Å². The average molecular weight is 693 g/mol. The normalized spacial score (nSPS) is 19.9. The number of benzene rings is 2. The third-order valence-corrected chi connectivity index (χ3v) is 8.40. The van der Waals surface area contributed by atoms with E-state index in [4.69, 9.17) is 27.9 Å². The number of hydrogen-bond acceptors (Lipinski definition) is 10. The number of amides is 1. The summed E-state index contributed by atoms with van der Waals surface area (Å²) >= 11 is 14.8. The minimum absolute atomic E-state index is 0.000000000000000222. The van der Waals surface area contributed by atoms with Crippen molar-refractivity contribution in [2.24, 2.45) is 0 Å². The summed E-state index contributed by atoms with van der Waals surface area (Å²) in [5.41, 5.74) is 0.335. The molecule has 16 heteroatoms. The lowest BCUT2D eigenvalue weighted by atomic mass is 9.98. The van der Waals surface area contributed by atoms with Crippen LogP contribution in [0.15, 0.2) is 48.5 Å². The van der Waals surface area contributed by atoms with Gasteiger partial charge in [-0.3, -0.25) is 29.8 Å². The Morgan fingerprint density at radius 1 is 0.976 bits per heavy atom. The molecule has 0 spiro atoms. The SMILES string of the molecule is CC(=O)c1ccc([N+](=O)[O-])cc1.CC(Cl)Cl.CC1(C)S[C@@H]2[C@@H](Br)C(=O)N2[C@H]1C(=O)OC(=O)c1ccc([N+](=O)[O-])cc1. The second-order valence-corrected chi connectivity index (χ2v) is 13.3. The van der Waals surface area contributed by atoms with Gasteiger partial charge in [-0.25, -0.2) is 9.59 Å². The number of ketones is 1. The minimum Gasteiger partial charge on any atom is -0.388 e. The highest BCUT2D eigenvalue weighted by molar-refractivity contribution is 9.10. The number of Topliss-reactive ketones (excluding diaryl/α,β-unsaturated/α-hetero) is 1. The highest BCUT2D eigenvalue weighted by Gasteiger charge is 2.63. The van der Waals surface area contributed by atoms with E-state index in [0.29, 0.717) is 5.56 Å². The highest BCUT2D eigenvalue weighted by Crippen LogP contribution is 2.53. The molecular weight excluding hydrogens is 669 g/mol. The van der Waals surface area contributed by atoms with E-state index in [-0.39, 0.29) is 43.7 Å². The maximum absolute atomic E-state index is 12.5. The lowest BCUT2D eigenvalue weighted by molar-refractivity contribution is -0.385. The quantitative estimate of drug-likeness (QED) is 0.0720. The Kier molecular flexibility index (Phi) is 11.8. The highest BCUT2D eigenvalue weighted by atomic mass is 79.9. The summed E-state index contributed by atoms with van der Waals surface area (Å²) in [6.45, 7) is 6.74. The van der Waals surface area contributed by atoms with Crippen LogP contribution in [0.4, 0.5) is 11.4 Å². The number of ether oxygens (including phenoxy) is 1. The second kappa shape index (κ2) is 14.2. The Bertz CT molecular complexity index is 1310. The number of esters is 2.